The molecular weight excluding hydrogens is 294 g/mol. The topological polar surface area (TPSA) is 53.1 Å². The zero-order valence-corrected chi connectivity index (χ0v) is 13.1. The number of ether oxygens (including phenoxy) is 1. The number of hydrogen-bond donors (Lipinski definition) is 0. The first kappa shape index (κ1) is 14.5. The normalized spacial score (nSPS) is 24.2. The predicted octanol–water partition coefficient (Wildman–Crippen LogP) is 0.708. The van der Waals surface area contributed by atoms with Crippen molar-refractivity contribution in [2.24, 2.45) is 0 Å². The van der Waals surface area contributed by atoms with Crippen LogP contribution in [0.15, 0.2) is 24.3 Å². The van der Waals surface area contributed by atoms with Gasteiger partial charge in [0.25, 0.3) is 0 Å². The summed E-state index contributed by atoms with van der Waals surface area (Å²) < 4.78 is 5.06. The van der Waals surface area contributed by atoms with Gasteiger partial charge in [-0.2, -0.15) is 0 Å². The lowest BCUT2D eigenvalue weighted by Gasteiger charge is -2.37. The van der Waals surface area contributed by atoms with Gasteiger partial charge in [-0.1, -0.05) is 24.3 Å². The molecule has 2 amide bonds. The van der Waals surface area contributed by atoms with Gasteiger partial charge in [0.1, 0.15) is 6.61 Å². The molecular formula is C17H21N3O3. The molecule has 0 aliphatic carbocycles. The smallest absolute Gasteiger partial charge is 0.410 e. The zero-order valence-electron chi connectivity index (χ0n) is 13.1. The molecule has 3 heterocycles. The number of fused-ring (bicyclic) bond motifs is 2. The quantitative estimate of drug-likeness (QED) is 0.806. The van der Waals surface area contributed by atoms with Crippen LogP contribution in [0.5, 0.6) is 0 Å². The largest absolute Gasteiger partial charge is 0.447 e. The Morgan fingerprint density at radius 1 is 1.17 bits per heavy atom. The Labute approximate surface area is 135 Å². The van der Waals surface area contributed by atoms with E-state index in [-0.39, 0.29) is 18.0 Å². The number of carbonyl (C=O) groups is 2. The lowest BCUT2D eigenvalue weighted by Crippen LogP contribution is -2.55. The van der Waals surface area contributed by atoms with Crippen LogP contribution >= 0.6 is 0 Å². The molecule has 0 radical (unpaired) electrons. The molecule has 2 saturated heterocycles. The highest BCUT2D eigenvalue weighted by Gasteiger charge is 2.38. The molecule has 3 aliphatic heterocycles. The van der Waals surface area contributed by atoms with Crippen LogP contribution in [-0.4, -0.2) is 72.1 Å². The van der Waals surface area contributed by atoms with Gasteiger partial charge in [0.05, 0.1) is 12.6 Å². The third-order valence-electron chi connectivity index (χ3n) is 5.04. The third kappa shape index (κ3) is 2.79. The van der Waals surface area contributed by atoms with Gasteiger partial charge in [0.2, 0.25) is 5.91 Å². The van der Waals surface area contributed by atoms with Crippen LogP contribution in [0, 0.1) is 0 Å². The van der Waals surface area contributed by atoms with E-state index in [9.17, 15) is 9.59 Å². The van der Waals surface area contributed by atoms with Crippen molar-refractivity contribution in [2.45, 2.75) is 19.0 Å². The lowest BCUT2D eigenvalue weighted by molar-refractivity contribution is -0.134. The van der Waals surface area contributed by atoms with Gasteiger partial charge < -0.3 is 9.64 Å². The van der Waals surface area contributed by atoms with Crippen molar-refractivity contribution in [3.8, 4) is 0 Å². The molecule has 2 fully saturated rings. The van der Waals surface area contributed by atoms with Gasteiger partial charge in [0.15, 0.2) is 0 Å². The maximum absolute atomic E-state index is 12.6. The molecule has 6 nitrogen and oxygen atoms in total. The number of rotatable bonds is 2. The van der Waals surface area contributed by atoms with E-state index in [1.165, 1.54) is 11.1 Å². The summed E-state index contributed by atoms with van der Waals surface area (Å²) in [6.07, 6.45) is 0.761. The van der Waals surface area contributed by atoms with Crippen LogP contribution in [0.4, 0.5) is 4.79 Å². The molecule has 0 unspecified atom stereocenters. The van der Waals surface area contributed by atoms with Crippen molar-refractivity contribution in [2.75, 3.05) is 39.3 Å². The van der Waals surface area contributed by atoms with Crippen LogP contribution in [0.2, 0.25) is 0 Å². The number of piperazine rings is 1. The molecule has 4 rings (SSSR count). The first-order valence-corrected chi connectivity index (χ1v) is 8.21. The summed E-state index contributed by atoms with van der Waals surface area (Å²) >= 11 is 0. The van der Waals surface area contributed by atoms with Gasteiger partial charge >= 0.3 is 6.09 Å². The second kappa shape index (κ2) is 5.85. The second-order valence-corrected chi connectivity index (χ2v) is 6.49. The number of benzene rings is 1. The summed E-state index contributed by atoms with van der Waals surface area (Å²) in [5, 5.41) is 0. The highest BCUT2D eigenvalue weighted by atomic mass is 16.6. The molecule has 0 N–H and O–H groups in total. The SMILES string of the molecule is O=C(CN1CCc2ccccc2C1)N1CCN2C(=O)OC[C@H]2C1. The summed E-state index contributed by atoms with van der Waals surface area (Å²) in [5.74, 6) is 0.156. The minimum absolute atomic E-state index is 0.0299. The van der Waals surface area contributed by atoms with Crippen LogP contribution in [0.3, 0.4) is 0 Å². The molecule has 1 atom stereocenters. The molecule has 23 heavy (non-hydrogen) atoms. The van der Waals surface area contributed by atoms with Crippen LogP contribution in [-0.2, 0) is 22.5 Å². The Kier molecular flexibility index (Phi) is 3.69. The summed E-state index contributed by atoms with van der Waals surface area (Å²) in [7, 11) is 0. The van der Waals surface area contributed by atoms with Crippen LogP contribution in [0.25, 0.3) is 0 Å². The highest BCUT2D eigenvalue weighted by Crippen LogP contribution is 2.20. The van der Waals surface area contributed by atoms with E-state index in [0.717, 1.165) is 19.5 Å². The molecule has 0 aromatic heterocycles. The minimum atomic E-state index is -0.241. The van der Waals surface area contributed by atoms with Crippen molar-refractivity contribution in [1.82, 2.24) is 14.7 Å². The van der Waals surface area contributed by atoms with Gasteiger partial charge in [-0.05, 0) is 17.5 Å². The third-order valence-corrected chi connectivity index (χ3v) is 5.04. The Morgan fingerprint density at radius 3 is 2.87 bits per heavy atom. The highest BCUT2D eigenvalue weighted by molar-refractivity contribution is 5.79. The Balaban J connectivity index is 1.35. The lowest BCUT2D eigenvalue weighted by atomic mass is 10.00. The maximum atomic E-state index is 12.6. The molecule has 122 valence electrons. The van der Waals surface area contributed by atoms with Crippen molar-refractivity contribution in [3.63, 3.8) is 0 Å². The number of hydrogen-bond acceptors (Lipinski definition) is 4. The van der Waals surface area contributed by atoms with Crippen molar-refractivity contribution in [1.29, 1.82) is 0 Å². The van der Waals surface area contributed by atoms with E-state index in [2.05, 4.69) is 29.2 Å². The predicted molar refractivity (Wildman–Crippen MR) is 83.8 cm³/mol. The number of nitrogens with zero attached hydrogens (tertiary/aromatic N) is 3. The van der Waals surface area contributed by atoms with Gasteiger partial charge in [-0.15, -0.1) is 0 Å². The van der Waals surface area contributed by atoms with Crippen molar-refractivity contribution < 1.29 is 14.3 Å². The fourth-order valence-electron chi connectivity index (χ4n) is 3.70. The van der Waals surface area contributed by atoms with Crippen molar-refractivity contribution in [3.05, 3.63) is 35.4 Å². The van der Waals surface area contributed by atoms with Gasteiger partial charge in [-0.3, -0.25) is 14.6 Å². The number of carbonyl (C=O) groups excluding carboxylic acids is 2. The molecule has 0 saturated carbocycles. The monoisotopic (exact) mass is 315 g/mol. The fraction of sp³-hybridized carbons (Fsp3) is 0.529. The van der Waals surface area contributed by atoms with Gasteiger partial charge in [-0.25, -0.2) is 4.79 Å². The number of cyclic esters (lactones) is 1. The molecule has 6 heteroatoms. The van der Waals surface area contributed by atoms with Crippen LogP contribution < -0.4 is 0 Å². The van der Waals surface area contributed by atoms with E-state index in [4.69, 9.17) is 4.74 Å². The summed E-state index contributed by atoms with van der Waals surface area (Å²) in [6.45, 7) is 4.40. The van der Waals surface area contributed by atoms with E-state index in [0.29, 0.717) is 32.8 Å². The molecule has 1 aromatic carbocycles. The first-order valence-electron chi connectivity index (χ1n) is 8.21. The van der Waals surface area contributed by atoms with E-state index < -0.39 is 0 Å². The van der Waals surface area contributed by atoms with Crippen molar-refractivity contribution >= 4 is 12.0 Å². The Bertz CT molecular complexity index is 633. The van der Waals surface area contributed by atoms with Crippen LogP contribution in [0.1, 0.15) is 11.1 Å². The summed E-state index contributed by atoms with van der Waals surface area (Å²) in [6, 6.07) is 8.48. The maximum Gasteiger partial charge on any atom is 0.410 e. The molecule has 0 bridgehead atoms. The minimum Gasteiger partial charge on any atom is -0.447 e. The molecule has 1 aromatic rings. The second-order valence-electron chi connectivity index (χ2n) is 6.49. The van der Waals surface area contributed by atoms with E-state index >= 15 is 0 Å². The average molecular weight is 315 g/mol. The molecule has 3 aliphatic rings. The Hall–Kier alpha value is -2.08. The first-order chi connectivity index (χ1) is 11.2. The summed E-state index contributed by atoms with van der Waals surface area (Å²) in [4.78, 5) is 29.9. The Morgan fingerprint density at radius 2 is 2.00 bits per heavy atom. The zero-order chi connectivity index (χ0) is 15.8. The van der Waals surface area contributed by atoms with E-state index in [1.54, 1.807) is 4.90 Å². The van der Waals surface area contributed by atoms with E-state index in [1.807, 2.05) is 4.90 Å². The van der Waals surface area contributed by atoms with Gasteiger partial charge in [0, 0.05) is 32.7 Å². The fourth-order valence-corrected chi connectivity index (χ4v) is 3.70. The average Bonchev–Trinajstić information content (AvgIpc) is 2.95. The summed E-state index contributed by atoms with van der Waals surface area (Å²) in [5.41, 5.74) is 2.72. The molecule has 0 spiro atoms. The number of amides is 2. The standard InChI is InChI=1S/C17H21N3O3/c21-16(19-7-8-20-15(10-19)12-23-17(20)22)11-18-6-5-13-3-1-2-4-14(13)9-18/h1-4,15H,5-12H2/t15-/m1/s1.